The molecule has 1 saturated heterocycles. The van der Waals surface area contributed by atoms with Crippen LogP contribution in [0, 0.1) is 5.92 Å². The van der Waals surface area contributed by atoms with Gasteiger partial charge in [0.15, 0.2) is 0 Å². The zero-order valence-corrected chi connectivity index (χ0v) is 17.5. The molecule has 1 heterocycles. The fourth-order valence-corrected chi connectivity index (χ4v) is 3.50. The number of benzene rings is 2. The normalized spacial score (nSPS) is 16.2. The number of carbonyl (C=O) groups is 3. The topological polar surface area (TPSA) is 78.5 Å². The van der Waals surface area contributed by atoms with E-state index in [0.717, 1.165) is 18.9 Å². The first-order chi connectivity index (χ1) is 15.2. The number of hydrogen-bond donors (Lipinski definition) is 2. The van der Waals surface area contributed by atoms with Crippen LogP contribution in [0.2, 0.25) is 0 Å². The third-order valence-electron chi connectivity index (χ3n) is 5.26. The first kappa shape index (κ1) is 23.3. The summed E-state index contributed by atoms with van der Waals surface area (Å²) in [7, 11) is 0. The molecule has 2 aromatic carbocycles. The Morgan fingerprint density at radius 2 is 1.75 bits per heavy atom. The zero-order valence-electron chi connectivity index (χ0n) is 17.5. The number of likely N-dealkylation sites (tertiary alicyclic amines) is 1. The van der Waals surface area contributed by atoms with Gasteiger partial charge in [0.25, 0.3) is 5.91 Å². The van der Waals surface area contributed by atoms with E-state index in [4.69, 9.17) is 0 Å². The van der Waals surface area contributed by atoms with E-state index in [1.807, 2.05) is 6.92 Å². The first-order valence-corrected chi connectivity index (χ1v) is 10.3. The van der Waals surface area contributed by atoms with Crippen molar-refractivity contribution in [1.82, 2.24) is 4.90 Å². The number of nitrogens with zero attached hydrogens (tertiary/aromatic N) is 1. The molecule has 3 rings (SSSR count). The highest BCUT2D eigenvalue weighted by molar-refractivity contribution is 6.05. The van der Waals surface area contributed by atoms with Crippen LogP contribution in [0.5, 0.6) is 0 Å². The molecule has 0 unspecified atom stereocenters. The van der Waals surface area contributed by atoms with Crippen molar-refractivity contribution in [3.05, 3.63) is 59.7 Å². The summed E-state index contributed by atoms with van der Waals surface area (Å²) in [6.07, 6.45) is -2.58. The summed E-state index contributed by atoms with van der Waals surface area (Å²) < 4.78 is 39.3. The van der Waals surface area contributed by atoms with Gasteiger partial charge in [-0.1, -0.05) is 25.5 Å². The number of amides is 3. The van der Waals surface area contributed by atoms with Crippen LogP contribution < -0.4 is 10.6 Å². The molecule has 1 aliphatic rings. The Balaban J connectivity index is 1.60. The SMILES string of the molecule is CCCCN1C[C@@H](C(=O)Nc2ccc(C(=O)Nc3ccccc3C(F)(F)F)cc2)CC1=O. The molecular weight excluding hydrogens is 423 g/mol. The minimum Gasteiger partial charge on any atom is -0.342 e. The number of unbranched alkanes of at least 4 members (excludes halogenated alkanes) is 1. The lowest BCUT2D eigenvalue weighted by Gasteiger charge is -2.16. The summed E-state index contributed by atoms with van der Waals surface area (Å²) in [5.41, 5.74) is -0.694. The van der Waals surface area contributed by atoms with Crippen LogP contribution in [0.3, 0.4) is 0 Å². The molecule has 0 aliphatic carbocycles. The third-order valence-corrected chi connectivity index (χ3v) is 5.26. The Kier molecular flexibility index (Phi) is 7.17. The second kappa shape index (κ2) is 9.84. The molecule has 0 radical (unpaired) electrons. The van der Waals surface area contributed by atoms with Crippen LogP contribution in [0.25, 0.3) is 0 Å². The van der Waals surface area contributed by atoms with Crippen LogP contribution in [0.1, 0.15) is 42.1 Å². The van der Waals surface area contributed by atoms with Gasteiger partial charge in [-0.3, -0.25) is 14.4 Å². The van der Waals surface area contributed by atoms with Gasteiger partial charge in [-0.2, -0.15) is 13.2 Å². The summed E-state index contributed by atoms with van der Waals surface area (Å²) in [5, 5.41) is 5.00. The molecule has 0 bridgehead atoms. The lowest BCUT2D eigenvalue weighted by atomic mass is 10.1. The predicted octanol–water partition coefficient (Wildman–Crippen LogP) is 4.54. The number of para-hydroxylation sites is 1. The number of halogens is 3. The van der Waals surface area contributed by atoms with Gasteiger partial charge in [-0.15, -0.1) is 0 Å². The van der Waals surface area contributed by atoms with Gasteiger partial charge in [0.2, 0.25) is 11.8 Å². The van der Waals surface area contributed by atoms with E-state index in [2.05, 4.69) is 10.6 Å². The van der Waals surface area contributed by atoms with Crippen LogP contribution in [-0.2, 0) is 15.8 Å². The fraction of sp³-hybridized carbons (Fsp3) is 0.348. The molecular formula is C23H24F3N3O3. The van der Waals surface area contributed by atoms with Gasteiger partial charge in [0.1, 0.15) is 0 Å². The maximum atomic E-state index is 13.1. The van der Waals surface area contributed by atoms with Gasteiger partial charge in [-0.25, -0.2) is 0 Å². The number of carbonyl (C=O) groups excluding carboxylic acids is 3. The van der Waals surface area contributed by atoms with Crippen LogP contribution >= 0.6 is 0 Å². The molecule has 0 aromatic heterocycles. The van der Waals surface area contributed by atoms with Crippen LogP contribution in [0.4, 0.5) is 24.5 Å². The fourth-order valence-electron chi connectivity index (χ4n) is 3.50. The van der Waals surface area contributed by atoms with E-state index in [1.165, 1.54) is 42.5 Å². The van der Waals surface area contributed by atoms with E-state index in [9.17, 15) is 27.6 Å². The maximum absolute atomic E-state index is 13.1. The van der Waals surface area contributed by atoms with Crippen molar-refractivity contribution in [3.63, 3.8) is 0 Å². The molecule has 1 aliphatic heterocycles. The number of anilines is 2. The molecule has 0 saturated carbocycles. The lowest BCUT2D eigenvalue weighted by molar-refractivity contribution is -0.137. The standard InChI is InChI=1S/C23H24F3N3O3/c1-2-3-12-29-14-16(13-20(29)30)22(32)27-17-10-8-15(9-11-17)21(31)28-19-7-5-4-6-18(19)23(24,25)26/h4-11,16H,2-3,12-14H2,1H3,(H,27,32)(H,28,31)/t16-/m0/s1. The summed E-state index contributed by atoms with van der Waals surface area (Å²) >= 11 is 0. The Labute approximate surface area is 183 Å². The molecule has 3 amide bonds. The van der Waals surface area contributed by atoms with Crippen LogP contribution in [-0.4, -0.2) is 35.7 Å². The molecule has 2 aromatic rings. The van der Waals surface area contributed by atoms with E-state index in [0.29, 0.717) is 18.8 Å². The minimum atomic E-state index is -4.59. The van der Waals surface area contributed by atoms with Crippen molar-refractivity contribution in [1.29, 1.82) is 0 Å². The first-order valence-electron chi connectivity index (χ1n) is 10.3. The van der Waals surface area contributed by atoms with Crippen LogP contribution in [0.15, 0.2) is 48.5 Å². The van der Waals surface area contributed by atoms with Crippen molar-refractivity contribution < 1.29 is 27.6 Å². The van der Waals surface area contributed by atoms with E-state index in [-0.39, 0.29) is 29.5 Å². The molecule has 1 atom stereocenters. The smallest absolute Gasteiger partial charge is 0.342 e. The number of alkyl halides is 3. The van der Waals surface area contributed by atoms with Gasteiger partial charge in [-0.05, 0) is 42.8 Å². The van der Waals surface area contributed by atoms with E-state index < -0.39 is 23.6 Å². The number of nitrogens with one attached hydrogen (secondary N) is 2. The molecule has 2 N–H and O–H groups in total. The minimum absolute atomic E-state index is 0.0373. The van der Waals surface area contributed by atoms with Gasteiger partial charge < -0.3 is 15.5 Å². The van der Waals surface area contributed by atoms with Gasteiger partial charge in [0.05, 0.1) is 17.2 Å². The zero-order chi connectivity index (χ0) is 23.3. The largest absolute Gasteiger partial charge is 0.418 e. The summed E-state index contributed by atoms with van der Waals surface area (Å²) in [6.45, 7) is 3.05. The molecule has 32 heavy (non-hydrogen) atoms. The summed E-state index contributed by atoms with van der Waals surface area (Å²) in [6, 6.07) is 10.5. The second-order valence-electron chi connectivity index (χ2n) is 7.66. The van der Waals surface area contributed by atoms with Crippen molar-refractivity contribution in [2.75, 3.05) is 23.7 Å². The van der Waals surface area contributed by atoms with Crippen molar-refractivity contribution in [3.8, 4) is 0 Å². The van der Waals surface area contributed by atoms with Crippen molar-refractivity contribution in [2.45, 2.75) is 32.4 Å². The average Bonchev–Trinajstić information content (AvgIpc) is 3.13. The summed E-state index contributed by atoms with van der Waals surface area (Å²) in [5.74, 6) is -1.47. The molecule has 0 spiro atoms. The molecule has 6 nitrogen and oxygen atoms in total. The van der Waals surface area contributed by atoms with Gasteiger partial charge in [0, 0.05) is 30.8 Å². The lowest BCUT2D eigenvalue weighted by Crippen LogP contribution is -2.29. The molecule has 1 fully saturated rings. The second-order valence-corrected chi connectivity index (χ2v) is 7.66. The number of rotatable bonds is 7. The predicted molar refractivity (Wildman–Crippen MR) is 114 cm³/mol. The highest BCUT2D eigenvalue weighted by atomic mass is 19.4. The maximum Gasteiger partial charge on any atom is 0.418 e. The monoisotopic (exact) mass is 447 g/mol. The van der Waals surface area contributed by atoms with Gasteiger partial charge >= 0.3 is 6.18 Å². The average molecular weight is 447 g/mol. The molecule has 9 heteroatoms. The Morgan fingerprint density at radius 1 is 1.06 bits per heavy atom. The quantitative estimate of drug-likeness (QED) is 0.654. The Morgan fingerprint density at radius 3 is 2.41 bits per heavy atom. The number of hydrogen-bond acceptors (Lipinski definition) is 3. The van der Waals surface area contributed by atoms with Crippen molar-refractivity contribution >= 4 is 29.1 Å². The Bertz CT molecular complexity index is 990. The third kappa shape index (κ3) is 5.66. The Hall–Kier alpha value is -3.36. The van der Waals surface area contributed by atoms with E-state index in [1.54, 1.807) is 4.90 Å². The van der Waals surface area contributed by atoms with Crippen molar-refractivity contribution in [2.24, 2.45) is 5.92 Å². The highest BCUT2D eigenvalue weighted by Crippen LogP contribution is 2.34. The summed E-state index contributed by atoms with van der Waals surface area (Å²) in [4.78, 5) is 38.6. The molecule has 170 valence electrons. The van der Waals surface area contributed by atoms with E-state index >= 15 is 0 Å². The highest BCUT2D eigenvalue weighted by Gasteiger charge is 2.34.